The van der Waals surface area contributed by atoms with Crippen LogP contribution in [0.2, 0.25) is 0 Å². The molecule has 75 valence electrons. The van der Waals surface area contributed by atoms with E-state index in [4.69, 9.17) is 4.74 Å². The van der Waals surface area contributed by atoms with Crippen molar-refractivity contribution in [2.45, 2.75) is 19.8 Å². The molecule has 0 aliphatic heterocycles. The molecule has 2 nitrogen and oxygen atoms in total. The summed E-state index contributed by atoms with van der Waals surface area (Å²) < 4.78 is 5.21. The van der Waals surface area contributed by atoms with Crippen LogP contribution >= 0.6 is 0 Å². The van der Waals surface area contributed by atoms with E-state index in [2.05, 4.69) is 6.92 Å². The molecule has 1 aromatic carbocycles. The minimum atomic E-state index is 0.225. The third kappa shape index (κ3) is 3.60. The van der Waals surface area contributed by atoms with Gasteiger partial charge in [-0.3, -0.25) is 0 Å². The SMILES string of the molecule is [CH2]COc1ccc(CCC(C)=O)cc1. The standard InChI is InChI=1S/C12H15O2/c1-3-14-12-8-6-11(7-9-12)5-4-10(2)13/h6-9H,1,3-5H2,2H3. The Morgan fingerprint density at radius 2 is 2.00 bits per heavy atom. The average molecular weight is 191 g/mol. The van der Waals surface area contributed by atoms with Crippen molar-refractivity contribution in [2.75, 3.05) is 6.61 Å². The first kappa shape index (κ1) is 10.8. The zero-order valence-corrected chi connectivity index (χ0v) is 8.45. The molecule has 0 aromatic heterocycles. The van der Waals surface area contributed by atoms with Crippen molar-refractivity contribution in [2.24, 2.45) is 0 Å². The molecule has 0 aliphatic carbocycles. The van der Waals surface area contributed by atoms with Crippen LogP contribution in [-0.4, -0.2) is 12.4 Å². The number of rotatable bonds is 5. The second-order valence-corrected chi connectivity index (χ2v) is 3.19. The van der Waals surface area contributed by atoms with E-state index in [0.29, 0.717) is 13.0 Å². The van der Waals surface area contributed by atoms with E-state index in [1.165, 1.54) is 0 Å². The van der Waals surface area contributed by atoms with Gasteiger partial charge < -0.3 is 9.53 Å². The van der Waals surface area contributed by atoms with Crippen LogP contribution in [0.4, 0.5) is 0 Å². The minimum Gasteiger partial charge on any atom is -0.494 e. The molecule has 0 amide bonds. The molecule has 1 radical (unpaired) electrons. The van der Waals surface area contributed by atoms with Gasteiger partial charge in [-0.05, 0) is 38.0 Å². The van der Waals surface area contributed by atoms with Gasteiger partial charge in [0.05, 0.1) is 6.61 Å². The van der Waals surface area contributed by atoms with Crippen LogP contribution in [0, 0.1) is 6.92 Å². The second kappa shape index (κ2) is 5.43. The molecule has 0 atom stereocenters. The third-order valence-electron chi connectivity index (χ3n) is 1.96. The topological polar surface area (TPSA) is 26.3 Å². The first-order valence-corrected chi connectivity index (χ1v) is 4.73. The molecule has 0 N–H and O–H groups in total. The predicted octanol–water partition coefficient (Wildman–Crippen LogP) is 2.42. The summed E-state index contributed by atoms with van der Waals surface area (Å²) in [6, 6.07) is 7.77. The van der Waals surface area contributed by atoms with Gasteiger partial charge in [0.15, 0.2) is 0 Å². The maximum atomic E-state index is 10.8. The van der Waals surface area contributed by atoms with Crippen molar-refractivity contribution in [1.29, 1.82) is 0 Å². The maximum absolute atomic E-state index is 10.8. The van der Waals surface area contributed by atoms with E-state index in [-0.39, 0.29) is 5.78 Å². The third-order valence-corrected chi connectivity index (χ3v) is 1.96. The summed E-state index contributed by atoms with van der Waals surface area (Å²) in [5.41, 5.74) is 1.16. The predicted molar refractivity (Wildman–Crippen MR) is 56.3 cm³/mol. The average Bonchev–Trinajstić information content (AvgIpc) is 2.17. The number of carbonyl (C=O) groups is 1. The monoisotopic (exact) mass is 191 g/mol. The van der Waals surface area contributed by atoms with Gasteiger partial charge in [0, 0.05) is 6.42 Å². The van der Waals surface area contributed by atoms with Gasteiger partial charge in [-0.1, -0.05) is 12.1 Å². The quantitative estimate of drug-likeness (QED) is 0.714. The molecular formula is C12H15O2. The highest BCUT2D eigenvalue weighted by atomic mass is 16.5. The van der Waals surface area contributed by atoms with Crippen LogP contribution in [0.15, 0.2) is 24.3 Å². The summed E-state index contributed by atoms with van der Waals surface area (Å²) in [5, 5.41) is 0. The van der Waals surface area contributed by atoms with Gasteiger partial charge in [0.2, 0.25) is 0 Å². The van der Waals surface area contributed by atoms with Crippen molar-refractivity contribution < 1.29 is 9.53 Å². The molecule has 1 aromatic rings. The summed E-state index contributed by atoms with van der Waals surface area (Å²) in [7, 11) is 0. The first-order chi connectivity index (χ1) is 6.72. The zero-order valence-electron chi connectivity index (χ0n) is 8.45. The number of ether oxygens (including phenoxy) is 1. The summed E-state index contributed by atoms with van der Waals surface area (Å²) in [5.74, 6) is 1.05. The number of aryl methyl sites for hydroxylation is 1. The summed E-state index contributed by atoms with van der Waals surface area (Å²) in [6.45, 7) is 5.64. The normalized spacial score (nSPS) is 9.86. The van der Waals surface area contributed by atoms with Gasteiger partial charge in [0.25, 0.3) is 0 Å². The van der Waals surface area contributed by atoms with Gasteiger partial charge in [0.1, 0.15) is 11.5 Å². The van der Waals surface area contributed by atoms with Crippen molar-refractivity contribution in [1.82, 2.24) is 0 Å². The first-order valence-electron chi connectivity index (χ1n) is 4.73. The zero-order chi connectivity index (χ0) is 10.4. The smallest absolute Gasteiger partial charge is 0.130 e. The van der Waals surface area contributed by atoms with Crippen LogP contribution < -0.4 is 4.74 Å². The molecule has 0 saturated heterocycles. The molecule has 0 spiro atoms. The van der Waals surface area contributed by atoms with Gasteiger partial charge >= 0.3 is 0 Å². The molecule has 0 saturated carbocycles. The van der Waals surface area contributed by atoms with Crippen molar-refractivity contribution >= 4 is 5.78 Å². The number of carbonyl (C=O) groups excluding carboxylic acids is 1. The number of hydrogen-bond acceptors (Lipinski definition) is 2. The van der Waals surface area contributed by atoms with Gasteiger partial charge in [-0.15, -0.1) is 0 Å². The lowest BCUT2D eigenvalue weighted by Crippen LogP contribution is -1.95. The van der Waals surface area contributed by atoms with E-state index in [1.807, 2.05) is 24.3 Å². The lowest BCUT2D eigenvalue weighted by Gasteiger charge is -2.03. The fourth-order valence-corrected chi connectivity index (χ4v) is 1.19. The van der Waals surface area contributed by atoms with Crippen molar-refractivity contribution in [3.05, 3.63) is 36.8 Å². The van der Waals surface area contributed by atoms with E-state index < -0.39 is 0 Å². The molecule has 14 heavy (non-hydrogen) atoms. The highest BCUT2D eigenvalue weighted by molar-refractivity contribution is 5.75. The Morgan fingerprint density at radius 1 is 1.36 bits per heavy atom. The van der Waals surface area contributed by atoms with Gasteiger partial charge in [-0.2, -0.15) is 0 Å². The Morgan fingerprint density at radius 3 is 2.50 bits per heavy atom. The molecule has 0 unspecified atom stereocenters. The largest absolute Gasteiger partial charge is 0.494 e. The summed E-state index contributed by atoms with van der Waals surface area (Å²) >= 11 is 0. The Balaban J connectivity index is 2.50. The molecule has 0 fully saturated rings. The molecule has 0 aliphatic rings. The second-order valence-electron chi connectivity index (χ2n) is 3.19. The number of benzene rings is 1. The molecule has 1 rings (SSSR count). The fourth-order valence-electron chi connectivity index (χ4n) is 1.19. The van der Waals surface area contributed by atoms with Crippen molar-refractivity contribution in [3.8, 4) is 5.75 Å². The highest BCUT2D eigenvalue weighted by Crippen LogP contribution is 2.13. The molecule has 0 heterocycles. The van der Waals surface area contributed by atoms with E-state index >= 15 is 0 Å². The van der Waals surface area contributed by atoms with Crippen LogP contribution in [0.1, 0.15) is 18.9 Å². The number of hydrogen-bond donors (Lipinski definition) is 0. The maximum Gasteiger partial charge on any atom is 0.130 e. The lowest BCUT2D eigenvalue weighted by molar-refractivity contribution is -0.116. The summed E-state index contributed by atoms with van der Waals surface area (Å²) in [6.07, 6.45) is 1.41. The Hall–Kier alpha value is -1.31. The number of ketones is 1. The fraction of sp³-hybridized carbons (Fsp3) is 0.333. The van der Waals surface area contributed by atoms with E-state index in [9.17, 15) is 4.79 Å². The Bertz CT molecular complexity index is 288. The molecular weight excluding hydrogens is 176 g/mol. The Labute approximate surface area is 84.9 Å². The van der Waals surface area contributed by atoms with Gasteiger partial charge in [-0.25, -0.2) is 0 Å². The van der Waals surface area contributed by atoms with Crippen LogP contribution in [0.25, 0.3) is 0 Å². The molecule has 2 heteroatoms. The van der Waals surface area contributed by atoms with E-state index in [1.54, 1.807) is 6.92 Å². The molecule has 0 bridgehead atoms. The minimum absolute atomic E-state index is 0.225. The van der Waals surface area contributed by atoms with Crippen LogP contribution in [0.3, 0.4) is 0 Å². The highest BCUT2D eigenvalue weighted by Gasteiger charge is 1.97. The lowest BCUT2D eigenvalue weighted by atomic mass is 10.1. The summed E-state index contributed by atoms with van der Waals surface area (Å²) in [4.78, 5) is 10.8. The van der Waals surface area contributed by atoms with Crippen LogP contribution in [-0.2, 0) is 11.2 Å². The van der Waals surface area contributed by atoms with E-state index in [0.717, 1.165) is 17.7 Å². The van der Waals surface area contributed by atoms with Crippen molar-refractivity contribution in [3.63, 3.8) is 0 Å². The number of Topliss-reactive ketones (excluding diaryl/α,β-unsaturated/α-hetero) is 1. The van der Waals surface area contributed by atoms with Crippen LogP contribution in [0.5, 0.6) is 5.75 Å². The Kier molecular flexibility index (Phi) is 4.17.